The number of fused-ring (bicyclic) bond motifs is 1. The summed E-state index contributed by atoms with van der Waals surface area (Å²) in [6.07, 6.45) is 1.28. The first-order valence-corrected chi connectivity index (χ1v) is 7.00. The van der Waals surface area contributed by atoms with Gasteiger partial charge in [-0.3, -0.25) is 4.79 Å². The molecule has 0 amide bonds. The minimum Gasteiger partial charge on any atom is -0.466 e. The minimum absolute atomic E-state index is 0.125. The quantitative estimate of drug-likeness (QED) is 0.776. The molecule has 5 nitrogen and oxygen atoms in total. The topological polar surface area (TPSA) is 56.8 Å². The summed E-state index contributed by atoms with van der Waals surface area (Å²) in [4.78, 5) is 11.5. The third kappa shape index (κ3) is 3.87. The average Bonchev–Trinajstić information content (AvgIpc) is 2.91. The Bertz CT molecular complexity index is 461. The van der Waals surface area contributed by atoms with Crippen LogP contribution in [0, 0.1) is 0 Å². The molecule has 0 bridgehead atoms. The first-order chi connectivity index (χ1) is 9.72. The zero-order chi connectivity index (χ0) is 14.4. The van der Waals surface area contributed by atoms with E-state index in [-0.39, 0.29) is 18.8 Å². The van der Waals surface area contributed by atoms with Gasteiger partial charge in [-0.25, -0.2) is 0 Å². The van der Waals surface area contributed by atoms with Gasteiger partial charge in [-0.1, -0.05) is 13.0 Å². The van der Waals surface area contributed by atoms with Gasteiger partial charge in [-0.05, 0) is 31.0 Å². The van der Waals surface area contributed by atoms with Crippen molar-refractivity contribution in [2.24, 2.45) is 0 Å². The highest BCUT2D eigenvalue weighted by molar-refractivity contribution is 5.70. The van der Waals surface area contributed by atoms with Gasteiger partial charge in [-0.15, -0.1) is 0 Å². The first-order valence-electron chi connectivity index (χ1n) is 7.00. The number of carbonyl (C=O) groups is 1. The van der Waals surface area contributed by atoms with Crippen LogP contribution >= 0.6 is 0 Å². The van der Waals surface area contributed by atoms with E-state index in [2.05, 4.69) is 12.2 Å². The molecule has 1 heterocycles. The third-order valence-electron chi connectivity index (χ3n) is 3.24. The maximum Gasteiger partial charge on any atom is 0.307 e. The molecule has 1 aliphatic heterocycles. The van der Waals surface area contributed by atoms with Crippen LogP contribution in [0.4, 0.5) is 0 Å². The summed E-state index contributed by atoms with van der Waals surface area (Å²) in [7, 11) is 0. The predicted octanol–water partition coefficient (Wildman–Crippen LogP) is 2.24. The lowest BCUT2D eigenvalue weighted by atomic mass is 10.1. The molecule has 1 aromatic rings. The van der Waals surface area contributed by atoms with Gasteiger partial charge in [0.05, 0.1) is 13.0 Å². The summed E-state index contributed by atoms with van der Waals surface area (Å²) in [6.45, 7) is 5.27. The van der Waals surface area contributed by atoms with E-state index in [0.717, 1.165) is 23.5 Å². The molecule has 0 fully saturated rings. The Balaban J connectivity index is 1.85. The lowest BCUT2D eigenvalue weighted by Crippen LogP contribution is -2.31. The number of esters is 1. The zero-order valence-corrected chi connectivity index (χ0v) is 12.0. The molecule has 0 spiro atoms. The van der Waals surface area contributed by atoms with E-state index in [1.54, 1.807) is 0 Å². The summed E-state index contributed by atoms with van der Waals surface area (Å²) in [5.41, 5.74) is 1.11. The second-order valence-electron chi connectivity index (χ2n) is 4.68. The molecule has 5 heteroatoms. The Labute approximate surface area is 119 Å². The second-order valence-corrected chi connectivity index (χ2v) is 4.68. The van der Waals surface area contributed by atoms with Gasteiger partial charge in [0.2, 0.25) is 6.79 Å². The fourth-order valence-corrected chi connectivity index (χ4v) is 2.10. The van der Waals surface area contributed by atoms with Crippen LogP contribution in [0.2, 0.25) is 0 Å². The van der Waals surface area contributed by atoms with Crippen LogP contribution in [0.3, 0.4) is 0 Å². The van der Waals surface area contributed by atoms with Crippen molar-refractivity contribution < 1.29 is 19.0 Å². The van der Waals surface area contributed by atoms with Gasteiger partial charge in [-0.2, -0.15) is 0 Å². The van der Waals surface area contributed by atoms with Crippen LogP contribution in [0.25, 0.3) is 0 Å². The Hall–Kier alpha value is -1.75. The zero-order valence-electron chi connectivity index (χ0n) is 12.0. The fraction of sp³-hybridized carbons (Fsp3) is 0.533. The predicted molar refractivity (Wildman–Crippen MR) is 74.7 cm³/mol. The summed E-state index contributed by atoms with van der Waals surface area (Å²) in [6, 6.07) is 6.00. The van der Waals surface area contributed by atoms with Crippen molar-refractivity contribution >= 4 is 5.97 Å². The van der Waals surface area contributed by atoms with Crippen LogP contribution in [-0.4, -0.2) is 25.4 Å². The Morgan fingerprint density at radius 1 is 1.35 bits per heavy atom. The molecule has 1 atom stereocenters. The smallest absolute Gasteiger partial charge is 0.307 e. The number of ether oxygens (including phenoxy) is 3. The lowest BCUT2D eigenvalue weighted by molar-refractivity contribution is -0.143. The molecule has 1 unspecified atom stereocenters. The van der Waals surface area contributed by atoms with E-state index < -0.39 is 0 Å². The molecule has 1 aliphatic rings. The molecular weight excluding hydrogens is 258 g/mol. The van der Waals surface area contributed by atoms with E-state index in [1.165, 1.54) is 0 Å². The Morgan fingerprint density at radius 2 is 2.15 bits per heavy atom. The van der Waals surface area contributed by atoms with Gasteiger partial charge in [0, 0.05) is 12.6 Å². The van der Waals surface area contributed by atoms with Crippen molar-refractivity contribution in [2.75, 3.05) is 13.4 Å². The van der Waals surface area contributed by atoms with Crippen molar-refractivity contribution in [1.82, 2.24) is 5.32 Å². The molecule has 2 rings (SSSR count). The van der Waals surface area contributed by atoms with Crippen molar-refractivity contribution in [3.8, 4) is 11.5 Å². The number of benzene rings is 1. The number of rotatable bonds is 7. The Morgan fingerprint density at radius 3 is 2.90 bits per heavy atom. The van der Waals surface area contributed by atoms with Gasteiger partial charge >= 0.3 is 5.97 Å². The maximum absolute atomic E-state index is 11.5. The molecular formula is C15H21NO4. The highest BCUT2D eigenvalue weighted by atomic mass is 16.7. The van der Waals surface area contributed by atoms with Crippen LogP contribution in [0.5, 0.6) is 11.5 Å². The standard InChI is InChI=1S/C15H21NO4/c1-3-12(8-15(17)18-4-2)16-9-11-5-6-13-14(7-11)20-10-19-13/h5-7,12,16H,3-4,8-10H2,1-2H3. The largest absolute Gasteiger partial charge is 0.466 e. The van der Waals surface area contributed by atoms with E-state index in [1.807, 2.05) is 25.1 Å². The van der Waals surface area contributed by atoms with Crippen LogP contribution in [0.1, 0.15) is 32.3 Å². The molecule has 20 heavy (non-hydrogen) atoms. The van der Waals surface area contributed by atoms with Crippen LogP contribution < -0.4 is 14.8 Å². The van der Waals surface area contributed by atoms with Crippen molar-refractivity contribution in [3.05, 3.63) is 23.8 Å². The van der Waals surface area contributed by atoms with Gasteiger partial charge < -0.3 is 19.5 Å². The van der Waals surface area contributed by atoms with Gasteiger partial charge in [0.25, 0.3) is 0 Å². The first kappa shape index (κ1) is 14.7. The number of hydrogen-bond acceptors (Lipinski definition) is 5. The number of hydrogen-bond donors (Lipinski definition) is 1. The average molecular weight is 279 g/mol. The minimum atomic E-state index is -0.155. The number of nitrogens with one attached hydrogen (secondary N) is 1. The summed E-state index contributed by atoms with van der Waals surface area (Å²) in [5.74, 6) is 1.41. The van der Waals surface area contributed by atoms with Gasteiger partial charge in [0.1, 0.15) is 0 Å². The molecule has 0 aromatic heterocycles. The summed E-state index contributed by atoms with van der Waals surface area (Å²) >= 11 is 0. The monoisotopic (exact) mass is 279 g/mol. The molecule has 110 valence electrons. The SMILES string of the molecule is CCOC(=O)CC(CC)NCc1ccc2c(c1)OCO2. The molecule has 0 radical (unpaired) electrons. The van der Waals surface area contributed by atoms with Crippen molar-refractivity contribution in [2.45, 2.75) is 39.3 Å². The summed E-state index contributed by atoms with van der Waals surface area (Å²) < 4.78 is 15.6. The third-order valence-corrected chi connectivity index (χ3v) is 3.24. The van der Waals surface area contributed by atoms with E-state index >= 15 is 0 Å². The van der Waals surface area contributed by atoms with Crippen molar-refractivity contribution in [1.29, 1.82) is 0 Å². The molecule has 0 aliphatic carbocycles. The normalized spacial score (nSPS) is 14.1. The number of carbonyl (C=O) groups excluding carboxylic acids is 1. The maximum atomic E-state index is 11.5. The molecule has 0 saturated carbocycles. The van der Waals surface area contributed by atoms with E-state index in [4.69, 9.17) is 14.2 Å². The van der Waals surface area contributed by atoms with E-state index in [9.17, 15) is 4.79 Å². The van der Waals surface area contributed by atoms with Gasteiger partial charge in [0.15, 0.2) is 11.5 Å². The lowest BCUT2D eigenvalue weighted by Gasteiger charge is -2.16. The highest BCUT2D eigenvalue weighted by Crippen LogP contribution is 2.32. The van der Waals surface area contributed by atoms with Crippen molar-refractivity contribution in [3.63, 3.8) is 0 Å². The summed E-state index contributed by atoms with van der Waals surface area (Å²) in [5, 5.41) is 3.37. The molecule has 1 N–H and O–H groups in total. The molecule has 0 saturated heterocycles. The fourth-order valence-electron chi connectivity index (χ4n) is 2.10. The second kappa shape index (κ2) is 7.14. The highest BCUT2D eigenvalue weighted by Gasteiger charge is 2.15. The van der Waals surface area contributed by atoms with Crippen LogP contribution in [-0.2, 0) is 16.1 Å². The molecule has 1 aromatic carbocycles. The Kier molecular flexibility index (Phi) is 5.24. The van der Waals surface area contributed by atoms with E-state index in [0.29, 0.717) is 19.6 Å². The van der Waals surface area contributed by atoms with Crippen LogP contribution in [0.15, 0.2) is 18.2 Å².